The Morgan fingerprint density at radius 3 is 2.38 bits per heavy atom. The summed E-state index contributed by atoms with van der Waals surface area (Å²) in [7, 11) is -3.90. The zero-order valence-corrected chi connectivity index (χ0v) is 15.3. The summed E-state index contributed by atoms with van der Waals surface area (Å²) in [5.41, 5.74) is 0.275. The van der Waals surface area contributed by atoms with Crippen molar-refractivity contribution >= 4 is 21.6 Å². The third-order valence-electron chi connectivity index (χ3n) is 3.55. The molecule has 0 atom stereocenters. The molecule has 8 heteroatoms. The lowest BCUT2D eigenvalue weighted by molar-refractivity contribution is -0.122. The minimum absolute atomic E-state index is 0.0976. The van der Waals surface area contributed by atoms with E-state index in [4.69, 9.17) is 5.11 Å². The standard InChI is InChI=1S/C18H21FN2O4S/c1-18(2,12-22)20-17(23)10-13-6-8-15(9-7-13)21-26(24,25)16-5-3-4-14(19)11-16/h3-9,11,21-22H,10,12H2,1-2H3,(H,20,23). The molecule has 2 aromatic carbocycles. The van der Waals surface area contributed by atoms with E-state index in [0.29, 0.717) is 11.3 Å². The van der Waals surface area contributed by atoms with Crippen molar-refractivity contribution in [2.45, 2.75) is 30.7 Å². The van der Waals surface area contributed by atoms with Crippen LogP contribution >= 0.6 is 0 Å². The number of hydrogen-bond donors (Lipinski definition) is 3. The molecular formula is C18H21FN2O4S. The lowest BCUT2D eigenvalue weighted by atomic mass is 10.1. The van der Waals surface area contributed by atoms with Crippen molar-refractivity contribution in [3.63, 3.8) is 0 Å². The lowest BCUT2D eigenvalue weighted by Crippen LogP contribution is -2.46. The molecule has 0 aromatic heterocycles. The minimum Gasteiger partial charge on any atom is -0.394 e. The van der Waals surface area contributed by atoms with Crippen LogP contribution in [0.1, 0.15) is 19.4 Å². The Bertz CT molecular complexity index is 880. The lowest BCUT2D eigenvalue weighted by Gasteiger charge is -2.23. The summed E-state index contributed by atoms with van der Waals surface area (Å²) in [6.07, 6.45) is 0.0976. The highest BCUT2D eigenvalue weighted by Crippen LogP contribution is 2.17. The van der Waals surface area contributed by atoms with Crippen LogP contribution in [0.15, 0.2) is 53.4 Å². The summed E-state index contributed by atoms with van der Waals surface area (Å²) >= 11 is 0. The van der Waals surface area contributed by atoms with Crippen molar-refractivity contribution in [3.05, 3.63) is 59.9 Å². The summed E-state index contributed by atoms with van der Waals surface area (Å²) < 4.78 is 40.1. The highest BCUT2D eigenvalue weighted by molar-refractivity contribution is 7.92. The molecule has 0 radical (unpaired) electrons. The molecular weight excluding hydrogens is 359 g/mol. The van der Waals surface area contributed by atoms with Crippen LogP contribution in [0.4, 0.5) is 10.1 Å². The fourth-order valence-corrected chi connectivity index (χ4v) is 3.28. The molecule has 0 unspecified atom stereocenters. The van der Waals surface area contributed by atoms with Crippen LogP contribution < -0.4 is 10.0 Å². The first kappa shape index (κ1) is 19.9. The molecule has 0 aliphatic rings. The van der Waals surface area contributed by atoms with Crippen molar-refractivity contribution in [2.24, 2.45) is 0 Å². The Hall–Kier alpha value is -2.45. The Morgan fingerprint density at radius 2 is 1.81 bits per heavy atom. The number of hydrogen-bond acceptors (Lipinski definition) is 4. The normalized spacial score (nSPS) is 11.8. The smallest absolute Gasteiger partial charge is 0.261 e. The molecule has 0 aliphatic heterocycles. The van der Waals surface area contributed by atoms with Gasteiger partial charge < -0.3 is 10.4 Å². The first-order valence-corrected chi connectivity index (χ1v) is 9.39. The Balaban J connectivity index is 2.04. The molecule has 140 valence electrons. The molecule has 0 heterocycles. The topological polar surface area (TPSA) is 95.5 Å². The average Bonchev–Trinajstić information content (AvgIpc) is 2.56. The van der Waals surface area contributed by atoms with Gasteiger partial charge in [-0.25, -0.2) is 12.8 Å². The Kier molecular flexibility index (Phi) is 5.99. The molecule has 0 fully saturated rings. The first-order valence-electron chi connectivity index (χ1n) is 7.90. The van der Waals surface area contributed by atoms with Gasteiger partial charge in [0.2, 0.25) is 5.91 Å². The molecule has 0 saturated carbocycles. The SMILES string of the molecule is CC(C)(CO)NC(=O)Cc1ccc(NS(=O)(=O)c2cccc(F)c2)cc1. The summed E-state index contributed by atoms with van der Waals surface area (Å²) in [4.78, 5) is 11.8. The number of aliphatic hydroxyl groups is 1. The maximum atomic E-state index is 13.2. The van der Waals surface area contributed by atoms with E-state index in [1.54, 1.807) is 26.0 Å². The predicted octanol–water partition coefficient (Wildman–Crippen LogP) is 2.06. The van der Waals surface area contributed by atoms with E-state index in [9.17, 15) is 17.6 Å². The molecule has 0 bridgehead atoms. The van der Waals surface area contributed by atoms with Gasteiger partial charge in [0, 0.05) is 5.69 Å². The molecule has 26 heavy (non-hydrogen) atoms. The number of benzene rings is 2. The van der Waals surface area contributed by atoms with Crippen LogP contribution in [-0.4, -0.2) is 31.6 Å². The van der Waals surface area contributed by atoms with Gasteiger partial charge in [0.15, 0.2) is 0 Å². The monoisotopic (exact) mass is 380 g/mol. The second-order valence-electron chi connectivity index (χ2n) is 6.53. The van der Waals surface area contributed by atoms with E-state index < -0.39 is 21.4 Å². The van der Waals surface area contributed by atoms with Crippen LogP contribution in [0.5, 0.6) is 0 Å². The van der Waals surface area contributed by atoms with E-state index in [2.05, 4.69) is 10.0 Å². The van der Waals surface area contributed by atoms with Gasteiger partial charge in [0.25, 0.3) is 10.0 Å². The Labute approximate surface area is 152 Å². The number of sulfonamides is 1. The van der Waals surface area contributed by atoms with Crippen LogP contribution in [0.2, 0.25) is 0 Å². The van der Waals surface area contributed by atoms with Crippen molar-refractivity contribution < 1.29 is 22.7 Å². The second-order valence-corrected chi connectivity index (χ2v) is 8.21. The van der Waals surface area contributed by atoms with E-state index in [1.807, 2.05) is 0 Å². The number of nitrogens with one attached hydrogen (secondary N) is 2. The van der Waals surface area contributed by atoms with Gasteiger partial charge in [0.05, 0.1) is 23.5 Å². The van der Waals surface area contributed by atoms with Gasteiger partial charge in [-0.15, -0.1) is 0 Å². The maximum Gasteiger partial charge on any atom is 0.261 e. The summed E-state index contributed by atoms with van der Waals surface area (Å²) in [5, 5.41) is 11.9. The van der Waals surface area contributed by atoms with Gasteiger partial charge in [-0.05, 0) is 49.7 Å². The van der Waals surface area contributed by atoms with Gasteiger partial charge in [-0.1, -0.05) is 18.2 Å². The van der Waals surface area contributed by atoms with Crippen LogP contribution in [0.3, 0.4) is 0 Å². The molecule has 0 aliphatic carbocycles. The fourth-order valence-electron chi connectivity index (χ4n) is 2.19. The molecule has 1 amide bonds. The number of rotatable bonds is 7. The van der Waals surface area contributed by atoms with Gasteiger partial charge in [0.1, 0.15) is 5.82 Å². The predicted molar refractivity (Wildman–Crippen MR) is 96.7 cm³/mol. The van der Waals surface area contributed by atoms with Crippen LogP contribution in [-0.2, 0) is 21.2 Å². The van der Waals surface area contributed by atoms with Gasteiger partial charge in [-0.3, -0.25) is 9.52 Å². The van der Waals surface area contributed by atoms with Gasteiger partial charge >= 0.3 is 0 Å². The minimum atomic E-state index is -3.90. The third kappa shape index (κ3) is 5.53. The number of amides is 1. The molecule has 0 saturated heterocycles. The average molecular weight is 380 g/mol. The molecule has 2 aromatic rings. The molecule has 6 nitrogen and oxygen atoms in total. The van der Waals surface area contributed by atoms with Crippen molar-refractivity contribution in [2.75, 3.05) is 11.3 Å². The largest absolute Gasteiger partial charge is 0.394 e. The van der Waals surface area contributed by atoms with Crippen molar-refractivity contribution in [1.82, 2.24) is 5.32 Å². The zero-order valence-electron chi connectivity index (χ0n) is 14.5. The zero-order chi connectivity index (χ0) is 19.4. The molecule has 0 spiro atoms. The highest BCUT2D eigenvalue weighted by Gasteiger charge is 2.19. The second kappa shape index (κ2) is 7.84. The van der Waals surface area contributed by atoms with E-state index in [1.165, 1.54) is 24.3 Å². The van der Waals surface area contributed by atoms with E-state index in [0.717, 1.165) is 12.1 Å². The third-order valence-corrected chi connectivity index (χ3v) is 4.93. The summed E-state index contributed by atoms with van der Waals surface area (Å²) in [6, 6.07) is 11.0. The van der Waals surface area contributed by atoms with E-state index >= 15 is 0 Å². The summed E-state index contributed by atoms with van der Waals surface area (Å²) in [5.74, 6) is -0.891. The number of halogens is 1. The quantitative estimate of drug-likeness (QED) is 0.685. The van der Waals surface area contributed by atoms with Gasteiger partial charge in [-0.2, -0.15) is 0 Å². The number of carbonyl (C=O) groups is 1. The molecule has 2 rings (SSSR count). The number of aliphatic hydroxyl groups excluding tert-OH is 1. The highest BCUT2D eigenvalue weighted by atomic mass is 32.2. The first-order chi connectivity index (χ1) is 12.1. The number of anilines is 1. The van der Waals surface area contributed by atoms with Crippen LogP contribution in [0.25, 0.3) is 0 Å². The van der Waals surface area contributed by atoms with Crippen molar-refractivity contribution in [1.29, 1.82) is 0 Å². The van der Waals surface area contributed by atoms with E-state index in [-0.39, 0.29) is 23.8 Å². The summed E-state index contributed by atoms with van der Waals surface area (Å²) in [6.45, 7) is 3.23. The number of carbonyl (C=O) groups excluding carboxylic acids is 1. The molecule has 3 N–H and O–H groups in total. The van der Waals surface area contributed by atoms with Crippen LogP contribution in [0, 0.1) is 5.82 Å². The Morgan fingerprint density at radius 1 is 1.15 bits per heavy atom. The van der Waals surface area contributed by atoms with Crippen molar-refractivity contribution in [3.8, 4) is 0 Å². The fraction of sp³-hybridized carbons (Fsp3) is 0.278. The maximum absolute atomic E-state index is 13.2.